The highest BCUT2D eigenvalue weighted by atomic mass is 35.5. The van der Waals surface area contributed by atoms with Gasteiger partial charge in [0.05, 0.1) is 6.61 Å². The molecule has 2 aromatic heterocycles. The molecule has 0 aliphatic carbocycles. The molecule has 1 amide bonds. The molecule has 0 bridgehead atoms. The molecule has 27 heavy (non-hydrogen) atoms. The zero-order valence-corrected chi connectivity index (χ0v) is 15.0. The van der Waals surface area contributed by atoms with E-state index in [2.05, 4.69) is 10.3 Å². The summed E-state index contributed by atoms with van der Waals surface area (Å²) in [5, 5.41) is 12.7. The van der Waals surface area contributed by atoms with Crippen molar-refractivity contribution in [2.24, 2.45) is 0 Å². The van der Waals surface area contributed by atoms with Crippen LogP contribution in [0, 0.1) is 0 Å². The normalized spacial score (nSPS) is 10.9. The van der Waals surface area contributed by atoms with E-state index in [4.69, 9.17) is 11.6 Å². The third kappa shape index (κ3) is 3.69. The number of halogens is 1. The number of carbonyl (C=O) groups excluding carboxylic acids is 1. The molecular formula is C21H16ClN3O2. The van der Waals surface area contributed by atoms with E-state index >= 15 is 0 Å². The van der Waals surface area contributed by atoms with Gasteiger partial charge < -0.3 is 14.8 Å². The third-order valence-electron chi connectivity index (χ3n) is 4.21. The lowest BCUT2D eigenvalue weighted by Gasteiger charge is -2.04. The van der Waals surface area contributed by atoms with Crippen molar-refractivity contribution in [3.8, 4) is 11.1 Å². The van der Waals surface area contributed by atoms with E-state index in [1.165, 1.54) is 0 Å². The van der Waals surface area contributed by atoms with Gasteiger partial charge in [0.1, 0.15) is 11.3 Å². The van der Waals surface area contributed by atoms with E-state index in [0.29, 0.717) is 22.1 Å². The average Bonchev–Trinajstić information content (AvgIpc) is 3.11. The predicted octanol–water partition coefficient (Wildman–Crippen LogP) is 4.40. The summed E-state index contributed by atoms with van der Waals surface area (Å²) < 4.78 is 1.81. The van der Waals surface area contributed by atoms with Gasteiger partial charge in [-0.3, -0.25) is 4.79 Å². The van der Waals surface area contributed by atoms with E-state index in [1.807, 2.05) is 47.0 Å². The number of pyridine rings is 1. The van der Waals surface area contributed by atoms with Gasteiger partial charge in [0.15, 0.2) is 0 Å². The molecule has 6 heteroatoms. The molecule has 2 aromatic carbocycles. The summed E-state index contributed by atoms with van der Waals surface area (Å²) in [6, 6.07) is 18.5. The molecule has 0 aliphatic rings. The van der Waals surface area contributed by atoms with Crippen LogP contribution < -0.4 is 5.32 Å². The zero-order valence-electron chi connectivity index (χ0n) is 14.3. The highest BCUT2D eigenvalue weighted by Crippen LogP contribution is 2.22. The van der Waals surface area contributed by atoms with Gasteiger partial charge in [-0.1, -0.05) is 35.9 Å². The van der Waals surface area contributed by atoms with Crippen LogP contribution in [0.25, 0.3) is 16.8 Å². The molecule has 0 radical (unpaired) electrons. The Morgan fingerprint density at radius 1 is 1.04 bits per heavy atom. The maximum Gasteiger partial charge on any atom is 0.275 e. The SMILES string of the molecule is O=C(Nc1cccc(Cl)c1)c1cn2cc(-c3cccc(CO)c3)ccc2n1. The summed E-state index contributed by atoms with van der Waals surface area (Å²) in [4.78, 5) is 16.9. The Kier molecular flexibility index (Phi) is 4.62. The Balaban J connectivity index is 1.63. The molecule has 0 aliphatic heterocycles. The second kappa shape index (κ2) is 7.23. The standard InChI is InChI=1S/C21H16ClN3O2/c22-17-5-2-6-18(10-17)23-21(27)19-12-25-11-16(7-8-20(25)24-19)15-4-1-3-14(9-15)13-26/h1-12,26H,13H2,(H,23,27). The number of amides is 1. The van der Waals surface area contributed by atoms with Gasteiger partial charge in [-0.2, -0.15) is 0 Å². The van der Waals surface area contributed by atoms with Crippen molar-refractivity contribution in [2.75, 3.05) is 5.32 Å². The first-order chi connectivity index (χ1) is 13.1. The van der Waals surface area contributed by atoms with Gasteiger partial charge in [-0.05, 0) is 53.1 Å². The van der Waals surface area contributed by atoms with Crippen LogP contribution in [-0.4, -0.2) is 20.4 Å². The molecule has 5 nitrogen and oxygen atoms in total. The Hall–Kier alpha value is -3.15. The van der Waals surface area contributed by atoms with Crippen LogP contribution in [0.2, 0.25) is 5.02 Å². The molecule has 4 rings (SSSR count). The lowest BCUT2D eigenvalue weighted by molar-refractivity contribution is 0.102. The van der Waals surface area contributed by atoms with Crippen LogP contribution in [0.3, 0.4) is 0 Å². The van der Waals surface area contributed by atoms with E-state index < -0.39 is 0 Å². The number of aliphatic hydroxyl groups excluding tert-OH is 1. The number of nitrogens with zero attached hydrogens (tertiary/aromatic N) is 2. The summed E-state index contributed by atoms with van der Waals surface area (Å²) >= 11 is 5.95. The fourth-order valence-corrected chi connectivity index (χ4v) is 3.07. The van der Waals surface area contributed by atoms with Crippen molar-refractivity contribution in [3.05, 3.63) is 89.3 Å². The minimum atomic E-state index is -0.301. The van der Waals surface area contributed by atoms with Crippen LogP contribution in [0.15, 0.2) is 73.1 Å². The molecule has 0 saturated carbocycles. The van der Waals surface area contributed by atoms with Gasteiger partial charge >= 0.3 is 0 Å². The third-order valence-corrected chi connectivity index (χ3v) is 4.44. The second-order valence-electron chi connectivity index (χ2n) is 6.13. The summed E-state index contributed by atoms with van der Waals surface area (Å²) in [7, 11) is 0. The first-order valence-electron chi connectivity index (χ1n) is 8.38. The lowest BCUT2D eigenvalue weighted by atomic mass is 10.1. The maximum absolute atomic E-state index is 12.5. The topological polar surface area (TPSA) is 66.6 Å². The predicted molar refractivity (Wildman–Crippen MR) is 106 cm³/mol. The van der Waals surface area contributed by atoms with Gasteiger partial charge in [-0.25, -0.2) is 4.98 Å². The van der Waals surface area contributed by atoms with Crippen LogP contribution in [0.4, 0.5) is 5.69 Å². The molecule has 2 heterocycles. The minimum absolute atomic E-state index is 0.00498. The number of aliphatic hydroxyl groups is 1. The number of aromatic nitrogens is 2. The first kappa shape index (κ1) is 17.3. The van der Waals surface area contributed by atoms with E-state index in [1.54, 1.807) is 30.5 Å². The van der Waals surface area contributed by atoms with Crippen LogP contribution in [0.1, 0.15) is 16.1 Å². The number of carbonyl (C=O) groups is 1. The first-order valence-corrected chi connectivity index (χ1v) is 8.76. The number of anilines is 1. The second-order valence-corrected chi connectivity index (χ2v) is 6.57. The fraction of sp³-hybridized carbons (Fsp3) is 0.0476. The number of hydrogen-bond donors (Lipinski definition) is 2. The highest BCUT2D eigenvalue weighted by molar-refractivity contribution is 6.30. The average molecular weight is 378 g/mol. The molecule has 4 aromatic rings. The van der Waals surface area contributed by atoms with E-state index in [-0.39, 0.29) is 12.5 Å². The number of hydrogen-bond acceptors (Lipinski definition) is 3. The smallest absolute Gasteiger partial charge is 0.275 e. The molecule has 2 N–H and O–H groups in total. The van der Waals surface area contributed by atoms with Crippen molar-refractivity contribution < 1.29 is 9.90 Å². The zero-order chi connectivity index (χ0) is 18.8. The highest BCUT2D eigenvalue weighted by Gasteiger charge is 2.12. The van der Waals surface area contributed by atoms with Crippen molar-refractivity contribution in [1.82, 2.24) is 9.38 Å². The molecule has 0 unspecified atom stereocenters. The van der Waals surface area contributed by atoms with E-state index in [0.717, 1.165) is 16.7 Å². The van der Waals surface area contributed by atoms with E-state index in [9.17, 15) is 9.90 Å². The van der Waals surface area contributed by atoms with Crippen molar-refractivity contribution in [2.45, 2.75) is 6.61 Å². The van der Waals surface area contributed by atoms with Crippen LogP contribution in [0.5, 0.6) is 0 Å². The van der Waals surface area contributed by atoms with Crippen LogP contribution in [-0.2, 0) is 6.61 Å². The number of fused-ring (bicyclic) bond motifs is 1. The van der Waals surface area contributed by atoms with Gasteiger partial charge in [-0.15, -0.1) is 0 Å². The Morgan fingerprint density at radius 2 is 1.89 bits per heavy atom. The Morgan fingerprint density at radius 3 is 2.70 bits per heavy atom. The molecule has 0 atom stereocenters. The van der Waals surface area contributed by atoms with Gasteiger partial charge in [0, 0.05) is 23.1 Å². The van der Waals surface area contributed by atoms with Gasteiger partial charge in [0.2, 0.25) is 0 Å². The quantitative estimate of drug-likeness (QED) is 0.554. The molecular weight excluding hydrogens is 362 g/mol. The Bertz CT molecular complexity index is 1140. The number of benzene rings is 2. The molecule has 0 spiro atoms. The summed E-state index contributed by atoms with van der Waals surface area (Å²) in [6.45, 7) is -0.00498. The largest absolute Gasteiger partial charge is 0.392 e. The fourth-order valence-electron chi connectivity index (χ4n) is 2.88. The van der Waals surface area contributed by atoms with Crippen molar-refractivity contribution in [3.63, 3.8) is 0 Å². The maximum atomic E-state index is 12.5. The number of nitrogens with one attached hydrogen (secondary N) is 1. The van der Waals surface area contributed by atoms with Crippen LogP contribution >= 0.6 is 11.6 Å². The summed E-state index contributed by atoms with van der Waals surface area (Å²) in [5.41, 5.74) is 4.41. The summed E-state index contributed by atoms with van der Waals surface area (Å²) in [6.07, 6.45) is 3.60. The molecule has 0 saturated heterocycles. The molecule has 0 fully saturated rings. The Labute approximate surface area is 160 Å². The van der Waals surface area contributed by atoms with Gasteiger partial charge in [0.25, 0.3) is 5.91 Å². The molecule has 134 valence electrons. The summed E-state index contributed by atoms with van der Waals surface area (Å²) in [5.74, 6) is -0.301. The van der Waals surface area contributed by atoms with Crippen molar-refractivity contribution in [1.29, 1.82) is 0 Å². The van der Waals surface area contributed by atoms with Crippen molar-refractivity contribution >= 4 is 28.8 Å². The number of rotatable bonds is 4. The monoisotopic (exact) mass is 377 g/mol. The lowest BCUT2D eigenvalue weighted by Crippen LogP contribution is -2.12. The minimum Gasteiger partial charge on any atom is -0.392 e. The number of imidazole rings is 1.